The molecule has 3 atom stereocenters. The quantitative estimate of drug-likeness (QED) is 0.803. The van der Waals surface area contributed by atoms with E-state index in [0.29, 0.717) is 19.0 Å². The highest BCUT2D eigenvalue weighted by Crippen LogP contribution is 2.24. The zero-order valence-electron chi connectivity index (χ0n) is 14.0. The van der Waals surface area contributed by atoms with Crippen LogP contribution in [0.3, 0.4) is 0 Å². The van der Waals surface area contributed by atoms with Crippen LogP contribution in [0.1, 0.15) is 19.3 Å². The summed E-state index contributed by atoms with van der Waals surface area (Å²) in [6.45, 7) is 2.94. The van der Waals surface area contributed by atoms with Crippen molar-refractivity contribution in [3.8, 4) is 0 Å². The summed E-state index contributed by atoms with van der Waals surface area (Å²) in [6, 6.07) is 6.57. The molecule has 0 radical (unpaired) electrons. The van der Waals surface area contributed by atoms with Crippen LogP contribution in [-0.4, -0.2) is 44.3 Å². The summed E-state index contributed by atoms with van der Waals surface area (Å²) in [5.74, 6) is 0.168. The third-order valence-electron chi connectivity index (χ3n) is 4.71. The number of rotatable bonds is 5. The minimum absolute atomic E-state index is 0. The van der Waals surface area contributed by atoms with Crippen molar-refractivity contribution in [2.24, 2.45) is 11.7 Å². The van der Waals surface area contributed by atoms with Crippen LogP contribution in [0, 0.1) is 11.7 Å². The number of nitrogens with zero attached hydrogens (tertiary/aromatic N) is 1. The maximum atomic E-state index is 13.0. The van der Waals surface area contributed by atoms with Gasteiger partial charge in [0.2, 0.25) is 5.91 Å². The van der Waals surface area contributed by atoms with Gasteiger partial charge < -0.3 is 20.7 Å². The normalized spacial score (nSPS) is 25.2. The van der Waals surface area contributed by atoms with Crippen LogP contribution in [0.25, 0.3) is 0 Å². The molecule has 142 valence electrons. The van der Waals surface area contributed by atoms with Gasteiger partial charge in [0, 0.05) is 31.9 Å². The van der Waals surface area contributed by atoms with Crippen molar-refractivity contribution in [3.05, 3.63) is 30.1 Å². The van der Waals surface area contributed by atoms with Gasteiger partial charge in [0.05, 0.1) is 6.10 Å². The van der Waals surface area contributed by atoms with E-state index in [1.807, 2.05) is 0 Å². The van der Waals surface area contributed by atoms with Crippen LogP contribution in [-0.2, 0) is 9.53 Å². The molecule has 0 bridgehead atoms. The lowest BCUT2D eigenvalue weighted by atomic mass is 10.1. The number of nitrogens with two attached hydrogens (primary N) is 1. The first-order chi connectivity index (χ1) is 11.2. The molecule has 2 aliphatic rings. The Balaban J connectivity index is 0.00000156. The third-order valence-corrected chi connectivity index (χ3v) is 4.71. The highest BCUT2D eigenvalue weighted by molar-refractivity contribution is 5.85. The highest BCUT2D eigenvalue weighted by atomic mass is 35.5. The molecule has 8 heteroatoms. The smallest absolute Gasteiger partial charge is 0.249 e. The van der Waals surface area contributed by atoms with E-state index in [1.54, 1.807) is 12.1 Å². The molecule has 1 unspecified atom stereocenters. The van der Waals surface area contributed by atoms with Gasteiger partial charge in [-0.1, -0.05) is 0 Å². The zero-order chi connectivity index (χ0) is 16.2. The molecular weight excluding hydrogens is 368 g/mol. The van der Waals surface area contributed by atoms with Crippen LogP contribution in [0.15, 0.2) is 24.3 Å². The molecule has 2 fully saturated rings. The van der Waals surface area contributed by atoms with E-state index >= 15 is 0 Å². The minimum Gasteiger partial charge on any atom is -0.371 e. The first-order valence-corrected chi connectivity index (χ1v) is 8.29. The van der Waals surface area contributed by atoms with E-state index in [2.05, 4.69) is 10.2 Å². The largest absolute Gasteiger partial charge is 0.371 e. The third kappa shape index (κ3) is 5.71. The van der Waals surface area contributed by atoms with Crippen molar-refractivity contribution in [2.75, 3.05) is 31.1 Å². The predicted molar refractivity (Wildman–Crippen MR) is 101 cm³/mol. The maximum Gasteiger partial charge on any atom is 0.249 e. The molecule has 5 nitrogen and oxygen atoms in total. The molecule has 1 aromatic carbocycles. The Hall–Kier alpha value is -1.08. The fourth-order valence-electron chi connectivity index (χ4n) is 3.32. The SMILES string of the molecule is Cl.Cl.NC[C@H]1CC[C@@H](C(=O)NCC2CCN(c3ccc(F)cc3)C2)O1. The van der Waals surface area contributed by atoms with Crippen LogP contribution >= 0.6 is 24.8 Å². The van der Waals surface area contributed by atoms with E-state index in [1.165, 1.54) is 12.1 Å². The highest BCUT2D eigenvalue weighted by Gasteiger charge is 2.30. The summed E-state index contributed by atoms with van der Waals surface area (Å²) >= 11 is 0. The first-order valence-electron chi connectivity index (χ1n) is 8.29. The summed E-state index contributed by atoms with van der Waals surface area (Å²) in [4.78, 5) is 14.3. The number of amides is 1. The topological polar surface area (TPSA) is 67.6 Å². The fourth-order valence-corrected chi connectivity index (χ4v) is 3.32. The van der Waals surface area contributed by atoms with Gasteiger partial charge in [-0.05, 0) is 49.4 Å². The van der Waals surface area contributed by atoms with Gasteiger partial charge in [0.1, 0.15) is 11.9 Å². The van der Waals surface area contributed by atoms with E-state index in [9.17, 15) is 9.18 Å². The van der Waals surface area contributed by atoms with Crippen molar-refractivity contribution in [2.45, 2.75) is 31.5 Å². The van der Waals surface area contributed by atoms with Gasteiger partial charge in [-0.25, -0.2) is 4.39 Å². The molecule has 0 aliphatic carbocycles. The molecule has 0 aromatic heterocycles. The Bertz CT molecular complexity index is 547. The maximum absolute atomic E-state index is 13.0. The standard InChI is InChI=1S/C17H24FN3O2.2ClH/c18-13-1-3-14(4-2-13)21-8-7-12(11-21)10-20-17(22)16-6-5-15(9-19)23-16;;/h1-4,12,15-16H,5-11,19H2,(H,20,22);2*1H/t12?,15-,16+;;/m1../s1. The number of anilines is 1. The summed E-state index contributed by atoms with van der Waals surface area (Å²) < 4.78 is 18.6. The Labute approximate surface area is 160 Å². The van der Waals surface area contributed by atoms with Crippen molar-refractivity contribution >= 4 is 36.4 Å². The minimum atomic E-state index is -0.349. The molecule has 0 saturated carbocycles. The number of hydrogen-bond donors (Lipinski definition) is 2. The second-order valence-electron chi connectivity index (χ2n) is 6.38. The Morgan fingerprint density at radius 3 is 2.60 bits per heavy atom. The van der Waals surface area contributed by atoms with Crippen LogP contribution < -0.4 is 16.0 Å². The predicted octanol–water partition coefficient (Wildman–Crippen LogP) is 2.12. The van der Waals surface area contributed by atoms with Gasteiger partial charge in [-0.3, -0.25) is 4.79 Å². The lowest BCUT2D eigenvalue weighted by Gasteiger charge is -2.19. The monoisotopic (exact) mass is 393 g/mol. The lowest BCUT2D eigenvalue weighted by molar-refractivity contribution is -0.132. The van der Waals surface area contributed by atoms with Crippen molar-refractivity contribution in [3.63, 3.8) is 0 Å². The molecule has 1 aromatic rings. The second kappa shape index (κ2) is 10.2. The van der Waals surface area contributed by atoms with Gasteiger partial charge in [0.25, 0.3) is 0 Å². The number of ether oxygens (including phenoxy) is 1. The molecule has 0 spiro atoms. The second-order valence-corrected chi connectivity index (χ2v) is 6.38. The van der Waals surface area contributed by atoms with E-state index < -0.39 is 0 Å². The molecular formula is C17H26Cl2FN3O2. The number of halogens is 3. The van der Waals surface area contributed by atoms with E-state index in [-0.39, 0.29) is 48.7 Å². The molecule has 2 aliphatic heterocycles. The van der Waals surface area contributed by atoms with Gasteiger partial charge in [0.15, 0.2) is 0 Å². The van der Waals surface area contributed by atoms with Crippen molar-refractivity contribution < 1.29 is 13.9 Å². The Morgan fingerprint density at radius 1 is 1.24 bits per heavy atom. The number of benzene rings is 1. The van der Waals surface area contributed by atoms with E-state index in [4.69, 9.17) is 10.5 Å². The zero-order valence-corrected chi connectivity index (χ0v) is 15.7. The van der Waals surface area contributed by atoms with Gasteiger partial charge in [-0.15, -0.1) is 24.8 Å². The summed E-state index contributed by atoms with van der Waals surface area (Å²) in [5.41, 5.74) is 6.60. The van der Waals surface area contributed by atoms with Crippen molar-refractivity contribution in [1.29, 1.82) is 0 Å². The Kier molecular flexibility index (Phi) is 8.93. The van der Waals surface area contributed by atoms with Crippen molar-refractivity contribution in [1.82, 2.24) is 5.32 Å². The number of hydrogen-bond acceptors (Lipinski definition) is 4. The average molecular weight is 394 g/mol. The molecule has 1 amide bonds. The lowest BCUT2D eigenvalue weighted by Crippen LogP contribution is -2.38. The van der Waals surface area contributed by atoms with E-state index in [0.717, 1.165) is 38.0 Å². The molecule has 3 rings (SSSR count). The van der Waals surface area contributed by atoms with Crippen LogP contribution in [0.5, 0.6) is 0 Å². The number of carbonyl (C=O) groups is 1. The summed E-state index contributed by atoms with van der Waals surface area (Å²) in [6.07, 6.45) is 2.30. The van der Waals surface area contributed by atoms with Gasteiger partial charge >= 0.3 is 0 Å². The molecule has 2 heterocycles. The fraction of sp³-hybridized carbons (Fsp3) is 0.588. The molecule has 3 N–H and O–H groups in total. The van der Waals surface area contributed by atoms with Crippen LogP contribution in [0.4, 0.5) is 10.1 Å². The molecule has 25 heavy (non-hydrogen) atoms. The summed E-state index contributed by atoms with van der Waals surface area (Å²) in [7, 11) is 0. The first kappa shape index (κ1) is 22.0. The number of nitrogens with one attached hydrogen (secondary N) is 1. The average Bonchev–Trinajstić information content (AvgIpc) is 3.22. The summed E-state index contributed by atoms with van der Waals surface area (Å²) in [5, 5.41) is 3.00. The van der Waals surface area contributed by atoms with Crippen LogP contribution in [0.2, 0.25) is 0 Å². The Morgan fingerprint density at radius 2 is 1.96 bits per heavy atom. The molecule has 2 saturated heterocycles. The number of carbonyl (C=O) groups excluding carboxylic acids is 1. The van der Waals surface area contributed by atoms with Gasteiger partial charge in [-0.2, -0.15) is 0 Å².